The molecule has 0 spiro atoms. The molecule has 3 heteroatoms. The zero-order chi connectivity index (χ0) is 14.0. The van der Waals surface area contributed by atoms with E-state index in [9.17, 15) is 4.79 Å². The first-order valence-electron chi connectivity index (χ1n) is 6.53. The molecular formula is C17H13NO2. The number of rotatable bonds is 3. The molecule has 0 aromatic heterocycles. The van der Waals surface area contributed by atoms with E-state index >= 15 is 0 Å². The summed E-state index contributed by atoms with van der Waals surface area (Å²) in [7, 11) is 0. The fraction of sp³-hybridized carbons (Fsp3) is 0.176. The zero-order valence-electron chi connectivity index (χ0n) is 10.9. The quantitative estimate of drug-likeness (QED) is 0.797. The van der Waals surface area contributed by atoms with E-state index in [-0.39, 0.29) is 5.97 Å². The van der Waals surface area contributed by atoms with Gasteiger partial charge in [0.1, 0.15) is 0 Å². The number of cyclic esters (lactones) is 1. The van der Waals surface area contributed by atoms with Crippen LogP contribution in [0.1, 0.15) is 34.3 Å². The molecule has 0 radical (unpaired) electrons. The second kappa shape index (κ2) is 4.82. The van der Waals surface area contributed by atoms with Gasteiger partial charge in [0.15, 0.2) is 5.60 Å². The maximum absolute atomic E-state index is 12.1. The van der Waals surface area contributed by atoms with Crippen molar-refractivity contribution in [3.05, 3.63) is 71.3 Å². The van der Waals surface area contributed by atoms with Crippen LogP contribution in [0.2, 0.25) is 0 Å². The number of nitriles is 1. The summed E-state index contributed by atoms with van der Waals surface area (Å²) >= 11 is 0. The van der Waals surface area contributed by atoms with Crippen LogP contribution in [-0.4, -0.2) is 5.97 Å². The predicted octanol–water partition coefficient (Wildman–Crippen LogP) is 3.40. The Kier molecular flexibility index (Phi) is 3.00. The van der Waals surface area contributed by atoms with Crippen LogP contribution in [0.25, 0.3) is 0 Å². The van der Waals surface area contributed by atoms with Crippen LogP contribution in [0.15, 0.2) is 54.6 Å². The van der Waals surface area contributed by atoms with Gasteiger partial charge in [0, 0.05) is 24.0 Å². The average molecular weight is 263 g/mol. The molecule has 1 aliphatic rings. The SMILES string of the molecule is N#CCCC1(c2ccccc2)OC(=O)c2ccccc21. The number of ether oxygens (including phenoxy) is 1. The van der Waals surface area contributed by atoms with Crippen molar-refractivity contribution in [2.45, 2.75) is 18.4 Å². The molecule has 0 aliphatic carbocycles. The van der Waals surface area contributed by atoms with Crippen molar-refractivity contribution >= 4 is 5.97 Å². The fourth-order valence-corrected chi connectivity index (χ4v) is 2.77. The summed E-state index contributed by atoms with van der Waals surface area (Å²) in [6.45, 7) is 0. The molecule has 20 heavy (non-hydrogen) atoms. The first-order chi connectivity index (χ1) is 9.78. The van der Waals surface area contributed by atoms with Crippen molar-refractivity contribution in [2.24, 2.45) is 0 Å². The molecule has 0 bridgehead atoms. The highest BCUT2D eigenvalue weighted by atomic mass is 16.6. The summed E-state index contributed by atoms with van der Waals surface area (Å²) in [5.74, 6) is -0.317. The van der Waals surface area contributed by atoms with Crippen LogP contribution in [0.4, 0.5) is 0 Å². The second-order valence-corrected chi connectivity index (χ2v) is 4.79. The molecule has 0 saturated carbocycles. The van der Waals surface area contributed by atoms with E-state index < -0.39 is 5.60 Å². The predicted molar refractivity (Wildman–Crippen MR) is 73.9 cm³/mol. The Balaban J connectivity index is 2.19. The van der Waals surface area contributed by atoms with Gasteiger partial charge in [-0.2, -0.15) is 5.26 Å². The standard InChI is InChI=1S/C17H13NO2/c18-12-6-11-17(13-7-2-1-3-8-13)15-10-5-4-9-14(15)16(19)20-17/h1-5,7-10H,6,11H2. The molecule has 0 fully saturated rings. The third-order valence-corrected chi connectivity index (χ3v) is 3.68. The van der Waals surface area contributed by atoms with E-state index in [0.717, 1.165) is 11.1 Å². The lowest BCUT2D eigenvalue weighted by atomic mass is 9.82. The lowest BCUT2D eigenvalue weighted by Crippen LogP contribution is -2.27. The number of carbonyl (C=O) groups is 1. The third kappa shape index (κ3) is 1.78. The maximum atomic E-state index is 12.1. The van der Waals surface area contributed by atoms with E-state index in [2.05, 4.69) is 6.07 Å². The third-order valence-electron chi connectivity index (χ3n) is 3.68. The Labute approximate surface area is 117 Å². The molecule has 98 valence electrons. The number of fused-ring (bicyclic) bond motifs is 1. The van der Waals surface area contributed by atoms with Gasteiger partial charge in [-0.25, -0.2) is 4.79 Å². The van der Waals surface area contributed by atoms with E-state index in [0.29, 0.717) is 18.4 Å². The molecular weight excluding hydrogens is 250 g/mol. The monoisotopic (exact) mass is 263 g/mol. The number of nitrogens with zero attached hydrogens (tertiary/aromatic N) is 1. The minimum Gasteiger partial charge on any atom is -0.446 e. The Hall–Kier alpha value is -2.60. The minimum atomic E-state index is -0.829. The Morgan fingerprint density at radius 1 is 1.05 bits per heavy atom. The van der Waals surface area contributed by atoms with Crippen LogP contribution in [0.3, 0.4) is 0 Å². The minimum absolute atomic E-state index is 0.317. The zero-order valence-corrected chi connectivity index (χ0v) is 10.9. The highest BCUT2D eigenvalue weighted by Crippen LogP contribution is 2.44. The molecule has 0 saturated heterocycles. The number of hydrogen-bond donors (Lipinski definition) is 0. The number of benzene rings is 2. The van der Waals surface area contributed by atoms with Crippen LogP contribution in [0.5, 0.6) is 0 Å². The van der Waals surface area contributed by atoms with E-state index in [1.165, 1.54) is 0 Å². The molecule has 1 aliphatic heterocycles. The van der Waals surface area contributed by atoms with Crippen molar-refractivity contribution < 1.29 is 9.53 Å². The largest absolute Gasteiger partial charge is 0.446 e. The average Bonchev–Trinajstić information content (AvgIpc) is 2.80. The maximum Gasteiger partial charge on any atom is 0.339 e. The first kappa shape index (κ1) is 12.4. The fourth-order valence-electron chi connectivity index (χ4n) is 2.77. The summed E-state index contributed by atoms with van der Waals surface area (Å²) in [5.41, 5.74) is 1.53. The van der Waals surface area contributed by atoms with Gasteiger partial charge in [-0.3, -0.25) is 0 Å². The van der Waals surface area contributed by atoms with Crippen molar-refractivity contribution in [3.8, 4) is 6.07 Å². The van der Waals surface area contributed by atoms with Gasteiger partial charge in [0.05, 0.1) is 11.6 Å². The smallest absolute Gasteiger partial charge is 0.339 e. The van der Waals surface area contributed by atoms with Gasteiger partial charge in [-0.15, -0.1) is 0 Å². The molecule has 1 heterocycles. The Bertz CT molecular complexity index is 688. The van der Waals surface area contributed by atoms with Gasteiger partial charge in [0.2, 0.25) is 0 Å². The first-order valence-corrected chi connectivity index (χ1v) is 6.53. The van der Waals surface area contributed by atoms with Crippen molar-refractivity contribution in [3.63, 3.8) is 0 Å². The molecule has 3 nitrogen and oxygen atoms in total. The van der Waals surface area contributed by atoms with Crippen LogP contribution in [-0.2, 0) is 10.3 Å². The lowest BCUT2D eigenvalue weighted by molar-refractivity contribution is 0.00777. The van der Waals surface area contributed by atoms with Gasteiger partial charge in [-0.05, 0) is 6.07 Å². The van der Waals surface area contributed by atoms with Crippen LogP contribution >= 0.6 is 0 Å². The van der Waals surface area contributed by atoms with Gasteiger partial charge in [-0.1, -0.05) is 48.5 Å². The van der Waals surface area contributed by atoms with Crippen LogP contribution < -0.4 is 0 Å². The summed E-state index contributed by atoms with van der Waals surface area (Å²) in [5, 5.41) is 8.91. The lowest BCUT2D eigenvalue weighted by Gasteiger charge is -2.28. The summed E-state index contributed by atoms with van der Waals surface area (Å²) in [4.78, 5) is 12.1. The molecule has 3 rings (SSSR count). The van der Waals surface area contributed by atoms with Gasteiger partial charge in [0.25, 0.3) is 0 Å². The topological polar surface area (TPSA) is 50.1 Å². The second-order valence-electron chi connectivity index (χ2n) is 4.79. The van der Waals surface area contributed by atoms with Crippen molar-refractivity contribution in [2.75, 3.05) is 0 Å². The van der Waals surface area contributed by atoms with Gasteiger partial charge < -0.3 is 4.74 Å². The van der Waals surface area contributed by atoms with Crippen LogP contribution in [0, 0.1) is 11.3 Å². The number of esters is 1. The number of hydrogen-bond acceptors (Lipinski definition) is 3. The summed E-state index contributed by atoms with van der Waals surface area (Å²) in [6.07, 6.45) is 0.798. The van der Waals surface area contributed by atoms with Gasteiger partial charge >= 0.3 is 5.97 Å². The molecule has 1 unspecified atom stereocenters. The molecule has 0 N–H and O–H groups in total. The Morgan fingerprint density at radius 3 is 2.50 bits per heavy atom. The highest BCUT2D eigenvalue weighted by molar-refractivity contribution is 5.95. The number of carbonyl (C=O) groups excluding carboxylic acids is 1. The molecule has 2 aromatic rings. The summed E-state index contributed by atoms with van der Waals surface area (Å²) < 4.78 is 5.72. The van der Waals surface area contributed by atoms with Crippen molar-refractivity contribution in [1.82, 2.24) is 0 Å². The molecule has 0 amide bonds. The highest BCUT2D eigenvalue weighted by Gasteiger charge is 2.46. The van der Waals surface area contributed by atoms with E-state index in [1.807, 2.05) is 48.5 Å². The Morgan fingerprint density at radius 2 is 1.75 bits per heavy atom. The summed E-state index contributed by atoms with van der Waals surface area (Å²) in [6, 6.07) is 19.2. The van der Waals surface area contributed by atoms with E-state index in [1.54, 1.807) is 6.07 Å². The van der Waals surface area contributed by atoms with Crippen molar-refractivity contribution in [1.29, 1.82) is 5.26 Å². The normalized spacial score (nSPS) is 20.1. The van der Waals surface area contributed by atoms with E-state index in [4.69, 9.17) is 10.00 Å². The molecule has 2 aromatic carbocycles. The molecule has 1 atom stereocenters.